The van der Waals surface area contributed by atoms with Crippen LogP contribution in [0.15, 0.2) is 91.8 Å². The van der Waals surface area contributed by atoms with Gasteiger partial charge in [0.1, 0.15) is 5.82 Å². The van der Waals surface area contributed by atoms with Gasteiger partial charge in [-0.3, -0.25) is 14.4 Å². The molecule has 4 rings (SSSR count). The van der Waals surface area contributed by atoms with Crippen molar-refractivity contribution in [1.82, 2.24) is 9.97 Å². The number of halogens is 1. The van der Waals surface area contributed by atoms with E-state index in [1.54, 1.807) is 48.5 Å². The van der Waals surface area contributed by atoms with Gasteiger partial charge in [-0.25, -0.2) is 9.97 Å². The van der Waals surface area contributed by atoms with Crippen LogP contribution >= 0.6 is 11.6 Å². The molecule has 0 aliphatic rings. The topological polar surface area (TPSA) is 113 Å². The number of aryl methyl sites for hydroxylation is 1. The summed E-state index contributed by atoms with van der Waals surface area (Å²) in [6.07, 6.45) is 4.71. The van der Waals surface area contributed by atoms with Gasteiger partial charge in [-0.2, -0.15) is 0 Å². The lowest BCUT2D eigenvalue weighted by atomic mass is 10.1. The fourth-order valence-electron chi connectivity index (χ4n) is 3.62. The first-order chi connectivity index (χ1) is 18.3. The third-order valence-electron chi connectivity index (χ3n) is 5.53. The standard InChI is InChI=1S/C29H24ClN5O3/c1-3-27(36)33-22-9-4-6-19(12-22)13-26-31-16-24(17-32-26)35-29(38)25-15-23(11-10-18(25)2)34-28(37)20-7-5-8-21(30)14-20/h3-12,14-17H,1,13H2,2H3,(H,33,36)(H,34,37)(H,35,38). The van der Waals surface area contributed by atoms with Gasteiger partial charge in [0.05, 0.1) is 18.1 Å². The SMILES string of the molecule is C=CC(=O)Nc1cccc(Cc2ncc(NC(=O)c3cc(NC(=O)c4cccc(Cl)c4)ccc3C)cn2)c1. The van der Waals surface area contributed by atoms with Crippen LogP contribution < -0.4 is 16.0 Å². The summed E-state index contributed by atoms with van der Waals surface area (Å²) in [4.78, 5) is 45.8. The quantitative estimate of drug-likeness (QED) is 0.257. The van der Waals surface area contributed by atoms with Crippen LogP contribution in [0.2, 0.25) is 5.02 Å². The fraction of sp³-hybridized carbons (Fsp3) is 0.0690. The van der Waals surface area contributed by atoms with Gasteiger partial charge < -0.3 is 16.0 Å². The zero-order valence-electron chi connectivity index (χ0n) is 20.5. The number of carbonyl (C=O) groups excluding carboxylic acids is 3. The average Bonchev–Trinajstić information content (AvgIpc) is 2.91. The Bertz CT molecular complexity index is 1520. The highest BCUT2D eigenvalue weighted by Gasteiger charge is 2.13. The lowest BCUT2D eigenvalue weighted by Crippen LogP contribution is -2.16. The summed E-state index contributed by atoms with van der Waals surface area (Å²) in [6, 6.07) is 19.1. The minimum Gasteiger partial charge on any atom is -0.323 e. The van der Waals surface area contributed by atoms with Crippen LogP contribution in [-0.4, -0.2) is 27.7 Å². The van der Waals surface area contributed by atoms with Crippen molar-refractivity contribution in [1.29, 1.82) is 0 Å². The maximum Gasteiger partial charge on any atom is 0.256 e. The Morgan fingerprint density at radius 2 is 1.55 bits per heavy atom. The van der Waals surface area contributed by atoms with Crippen molar-refractivity contribution in [2.24, 2.45) is 0 Å². The molecule has 1 heterocycles. The molecule has 4 aromatic rings. The Balaban J connectivity index is 1.41. The molecule has 0 atom stereocenters. The molecule has 0 radical (unpaired) electrons. The summed E-state index contributed by atoms with van der Waals surface area (Å²) < 4.78 is 0. The second kappa shape index (κ2) is 11.9. The number of hydrogen-bond acceptors (Lipinski definition) is 5. The van der Waals surface area contributed by atoms with E-state index in [2.05, 4.69) is 32.5 Å². The molecule has 0 spiro atoms. The Labute approximate surface area is 224 Å². The molecule has 0 unspecified atom stereocenters. The molecular weight excluding hydrogens is 502 g/mol. The first-order valence-electron chi connectivity index (χ1n) is 11.6. The molecule has 3 N–H and O–H groups in total. The van der Waals surface area contributed by atoms with Crippen molar-refractivity contribution >= 4 is 46.4 Å². The van der Waals surface area contributed by atoms with Crippen LogP contribution in [0.3, 0.4) is 0 Å². The minimum atomic E-state index is -0.358. The largest absolute Gasteiger partial charge is 0.323 e. The van der Waals surface area contributed by atoms with E-state index >= 15 is 0 Å². The van der Waals surface area contributed by atoms with Gasteiger partial charge >= 0.3 is 0 Å². The number of nitrogens with zero attached hydrogens (tertiary/aromatic N) is 2. The maximum absolute atomic E-state index is 13.0. The fourth-order valence-corrected chi connectivity index (χ4v) is 3.81. The van der Waals surface area contributed by atoms with E-state index in [0.29, 0.717) is 45.5 Å². The van der Waals surface area contributed by atoms with Crippen LogP contribution in [0.25, 0.3) is 0 Å². The van der Waals surface area contributed by atoms with E-state index in [1.807, 2.05) is 25.1 Å². The molecular formula is C29H24ClN5O3. The van der Waals surface area contributed by atoms with Crippen LogP contribution in [0.4, 0.5) is 17.1 Å². The van der Waals surface area contributed by atoms with Gasteiger partial charge in [0.25, 0.3) is 11.8 Å². The summed E-state index contributed by atoms with van der Waals surface area (Å²) >= 11 is 5.97. The third kappa shape index (κ3) is 6.89. The maximum atomic E-state index is 13.0. The summed E-state index contributed by atoms with van der Waals surface area (Å²) in [5.41, 5.74) is 4.02. The van der Waals surface area contributed by atoms with Gasteiger partial charge in [0.2, 0.25) is 5.91 Å². The second-order valence-corrected chi connectivity index (χ2v) is 8.84. The molecule has 3 amide bonds. The van der Waals surface area contributed by atoms with E-state index in [-0.39, 0.29) is 17.7 Å². The highest BCUT2D eigenvalue weighted by Crippen LogP contribution is 2.19. The van der Waals surface area contributed by atoms with Crippen molar-refractivity contribution in [3.8, 4) is 0 Å². The third-order valence-corrected chi connectivity index (χ3v) is 5.77. The normalized spacial score (nSPS) is 10.4. The van der Waals surface area contributed by atoms with Gasteiger partial charge in [0, 0.05) is 33.9 Å². The number of rotatable bonds is 8. The van der Waals surface area contributed by atoms with E-state index in [4.69, 9.17) is 11.6 Å². The summed E-state index contributed by atoms with van der Waals surface area (Å²) in [5.74, 6) is -0.427. The van der Waals surface area contributed by atoms with Crippen molar-refractivity contribution < 1.29 is 14.4 Å². The molecule has 3 aromatic carbocycles. The average molecular weight is 526 g/mol. The zero-order valence-corrected chi connectivity index (χ0v) is 21.3. The lowest BCUT2D eigenvalue weighted by Gasteiger charge is -2.11. The number of benzene rings is 3. The summed E-state index contributed by atoms with van der Waals surface area (Å²) in [7, 11) is 0. The molecule has 0 fully saturated rings. The highest BCUT2D eigenvalue weighted by atomic mass is 35.5. The number of carbonyl (C=O) groups is 3. The Morgan fingerprint density at radius 1 is 0.842 bits per heavy atom. The molecule has 38 heavy (non-hydrogen) atoms. The van der Waals surface area contributed by atoms with E-state index in [1.165, 1.54) is 18.5 Å². The number of amides is 3. The molecule has 0 aliphatic heterocycles. The zero-order chi connectivity index (χ0) is 27.1. The summed E-state index contributed by atoms with van der Waals surface area (Å²) in [5, 5.41) is 8.76. The van der Waals surface area contributed by atoms with Gasteiger partial charge in [-0.05, 0) is 66.6 Å². The van der Waals surface area contributed by atoms with Gasteiger partial charge in [0.15, 0.2) is 0 Å². The Kier molecular flexibility index (Phi) is 8.25. The van der Waals surface area contributed by atoms with Crippen LogP contribution in [0.1, 0.15) is 37.7 Å². The molecule has 0 saturated heterocycles. The smallest absolute Gasteiger partial charge is 0.256 e. The number of aromatic nitrogens is 2. The lowest BCUT2D eigenvalue weighted by molar-refractivity contribution is -0.111. The Morgan fingerprint density at radius 3 is 2.29 bits per heavy atom. The highest BCUT2D eigenvalue weighted by molar-refractivity contribution is 6.31. The Hall–Kier alpha value is -4.82. The van der Waals surface area contributed by atoms with E-state index in [9.17, 15) is 14.4 Å². The number of anilines is 3. The first kappa shape index (κ1) is 26.2. The second-order valence-electron chi connectivity index (χ2n) is 8.41. The molecule has 8 nitrogen and oxygen atoms in total. The monoisotopic (exact) mass is 525 g/mol. The number of hydrogen-bond donors (Lipinski definition) is 3. The van der Waals surface area contributed by atoms with Crippen molar-refractivity contribution in [2.75, 3.05) is 16.0 Å². The molecule has 190 valence electrons. The molecule has 1 aromatic heterocycles. The van der Waals surface area contributed by atoms with Crippen LogP contribution in [-0.2, 0) is 11.2 Å². The van der Waals surface area contributed by atoms with Crippen molar-refractivity contribution in [3.05, 3.63) is 125 Å². The summed E-state index contributed by atoms with van der Waals surface area (Å²) in [6.45, 7) is 5.25. The van der Waals surface area contributed by atoms with E-state index < -0.39 is 0 Å². The van der Waals surface area contributed by atoms with Crippen LogP contribution in [0.5, 0.6) is 0 Å². The first-order valence-corrected chi connectivity index (χ1v) is 12.0. The predicted octanol–water partition coefficient (Wildman–Crippen LogP) is 5.66. The van der Waals surface area contributed by atoms with Crippen LogP contribution in [0, 0.1) is 6.92 Å². The minimum absolute atomic E-state index is 0.289. The molecule has 0 bridgehead atoms. The van der Waals surface area contributed by atoms with Gasteiger partial charge in [-0.15, -0.1) is 0 Å². The number of nitrogens with one attached hydrogen (secondary N) is 3. The molecule has 0 aliphatic carbocycles. The predicted molar refractivity (Wildman–Crippen MR) is 149 cm³/mol. The van der Waals surface area contributed by atoms with Crippen molar-refractivity contribution in [3.63, 3.8) is 0 Å². The van der Waals surface area contributed by atoms with Crippen molar-refractivity contribution in [2.45, 2.75) is 13.3 Å². The van der Waals surface area contributed by atoms with E-state index in [0.717, 1.165) is 11.1 Å². The molecule has 0 saturated carbocycles. The molecule has 9 heteroatoms. The van der Waals surface area contributed by atoms with Gasteiger partial charge in [-0.1, -0.05) is 42.4 Å².